The third-order valence-corrected chi connectivity index (χ3v) is 2.47. The third-order valence-electron chi connectivity index (χ3n) is 2.01. The second-order valence-corrected chi connectivity index (χ2v) is 3.86. The Morgan fingerprint density at radius 3 is 2.69 bits per heavy atom. The smallest absolute Gasteiger partial charge is 0.120 e. The van der Waals surface area contributed by atoms with Crippen molar-refractivity contribution in [2.24, 2.45) is 0 Å². The molecule has 0 N–H and O–H groups in total. The lowest BCUT2D eigenvalue weighted by molar-refractivity contribution is 0.414. The summed E-state index contributed by atoms with van der Waals surface area (Å²) in [5.41, 5.74) is 1.21. The Hall–Kier alpha value is -0.760. The van der Waals surface area contributed by atoms with E-state index in [-0.39, 0.29) is 0 Å². The van der Waals surface area contributed by atoms with Gasteiger partial charge in [-0.15, -0.1) is 6.58 Å². The highest BCUT2D eigenvalue weighted by atomic mass is 79.9. The van der Waals surface area contributed by atoms with Crippen molar-refractivity contribution in [1.82, 2.24) is 0 Å². The molecule has 0 saturated heterocycles. The molecule has 0 aliphatic carbocycles. The summed E-state index contributed by atoms with van der Waals surface area (Å²) in [4.78, 5) is 0. The number of hydrogen-bond acceptors (Lipinski definition) is 1. The fourth-order valence-electron chi connectivity index (χ4n) is 1.10. The van der Waals surface area contributed by atoms with E-state index in [9.17, 15) is 0 Å². The lowest BCUT2D eigenvalue weighted by atomic mass is 10.0. The van der Waals surface area contributed by atoms with Crippen LogP contribution in [0.4, 0.5) is 0 Å². The van der Waals surface area contributed by atoms with E-state index in [1.807, 2.05) is 18.2 Å². The van der Waals surface area contributed by atoms with Gasteiger partial charge in [0.1, 0.15) is 5.75 Å². The molecule has 1 atom stereocenters. The van der Waals surface area contributed by atoms with Crippen molar-refractivity contribution in [2.75, 3.05) is 7.11 Å². The summed E-state index contributed by atoms with van der Waals surface area (Å²) in [6.45, 7) is 5.87. The summed E-state index contributed by atoms with van der Waals surface area (Å²) in [7, 11) is 1.67. The van der Waals surface area contributed by atoms with Crippen LogP contribution in [0.15, 0.2) is 35.3 Å². The SMILES string of the molecule is C=CC(C)c1cc(Br)cc(OC)c1. The molecule has 1 unspecified atom stereocenters. The van der Waals surface area contributed by atoms with Gasteiger partial charge in [0.05, 0.1) is 7.11 Å². The summed E-state index contributed by atoms with van der Waals surface area (Å²) < 4.78 is 6.20. The zero-order valence-corrected chi connectivity index (χ0v) is 9.47. The highest BCUT2D eigenvalue weighted by Gasteiger charge is 2.04. The van der Waals surface area contributed by atoms with Crippen LogP contribution < -0.4 is 4.74 Å². The van der Waals surface area contributed by atoms with Gasteiger partial charge >= 0.3 is 0 Å². The molecule has 0 saturated carbocycles. The van der Waals surface area contributed by atoms with Gasteiger partial charge in [-0.05, 0) is 29.7 Å². The Balaban J connectivity index is 3.07. The molecule has 0 heterocycles. The number of benzene rings is 1. The molecule has 1 rings (SSSR count). The van der Waals surface area contributed by atoms with Crippen LogP contribution in [-0.2, 0) is 0 Å². The number of hydrogen-bond donors (Lipinski definition) is 0. The Labute approximate surface area is 87.5 Å². The average Bonchev–Trinajstić information content (AvgIpc) is 2.15. The summed E-state index contributed by atoms with van der Waals surface area (Å²) in [5.74, 6) is 1.23. The molecule has 0 spiro atoms. The lowest BCUT2D eigenvalue weighted by Gasteiger charge is -2.09. The van der Waals surface area contributed by atoms with Crippen molar-refractivity contribution in [3.63, 3.8) is 0 Å². The molecular weight excluding hydrogens is 228 g/mol. The second kappa shape index (κ2) is 4.47. The summed E-state index contributed by atoms with van der Waals surface area (Å²) >= 11 is 3.44. The fourth-order valence-corrected chi connectivity index (χ4v) is 1.59. The molecule has 70 valence electrons. The second-order valence-electron chi connectivity index (χ2n) is 2.95. The molecular formula is C11H13BrO. The third kappa shape index (κ3) is 2.59. The van der Waals surface area contributed by atoms with Gasteiger partial charge in [-0.3, -0.25) is 0 Å². The van der Waals surface area contributed by atoms with Crippen LogP contribution in [0.1, 0.15) is 18.4 Å². The van der Waals surface area contributed by atoms with Crippen LogP contribution in [0.2, 0.25) is 0 Å². The molecule has 0 bridgehead atoms. The molecule has 1 aromatic rings. The van der Waals surface area contributed by atoms with Crippen molar-refractivity contribution >= 4 is 15.9 Å². The highest BCUT2D eigenvalue weighted by molar-refractivity contribution is 9.10. The molecule has 2 heteroatoms. The zero-order valence-electron chi connectivity index (χ0n) is 7.88. The monoisotopic (exact) mass is 240 g/mol. The maximum absolute atomic E-state index is 5.17. The van der Waals surface area contributed by atoms with Gasteiger partial charge in [0, 0.05) is 4.47 Å². The maximum atomic E-state index is 5.17. The first-order valence-electron chi connectivity index (χ1n) is 4.14. The average molecular weight is 241 g/mol. The van der Waals surface area contributed by atoms with Crippen LogP contribution in [0.3, 0.4) is 0 Å². The molecule has 0 amide bonds. The van der Waals surface area contributed by atoms with E-state index < -0.39 is 0 Å². The minimum atomic E-state index is 0.353. The lowest BCUT2D eigenvalue weighted by Crippen LogP contribution is -1.91. The number of rotatable bonds is 3. The first-order valence-corrected chi connectivity index (χ1v) is 4.93. The van der Waals surface area contributed by atoms with E-state index in [0.29, 0.717) is 5.92 Å². The van der Waals surface area contributed by atoms with E-state index in [0.717, 1.165) is 10.2 Å². The topological polar surface area (TPSA) is 9.23 Å². The predicted octanol–water partition coefficient (Wildman–Crippen LogP) is 3.75. The molecule has 1 aromatic carbocycles. The van der Waals surface area contributed by atoms with Gasteiger partial charge in [0.25, 0.3) is 0 Å². The van der Waals surface area contributed by atoms with Crippen molar-refractivity contribution < 1.29 is 4.74 Å². The van der Waals surface area contributed by atoms with E-state index in [4.69, 9.17) is 4.74 Å². The summed E-state index contributed by atoms with van der Waals surface area (Å²) in [6, 6.07) is 6.05. The van der Waals surface area contributed by atoms with Gasteiger partial charge in [-0.1, -0.05) is 28.9 Å². The molecule has 1 nitrogen and oxygen atoms in total. The molecule has 0 fully saturated rings. The van der Waals surface area contributed by atoms with Crippen LogP contribution in [-0.4, -0.2) is 7.11 Å². The highest BCUT2D eigenvalue weighted by Crippen LogP contribution is 2.26. The largest absolute Gasteiger partial charge is 0.497 e. The minimum absolute atomic E-state index is 0.353. The van der Waals surface area contributed by atoms with E-state index in [1.165, 1.54) is 5.56 Å². The van der Waals surface area contributed by atoms with Gasteiger partial charge < -0.3 is 4.74 Å². The normalized spacial score (nSPS) is 12.2. The minimum Gasteiger partial charge on any atom is -0.497 e. The molecule has 0 radical (unpaired) electrons. The van der Waals surface area contributed by atoms with Crippen molar-refractivity contribution in [3.05, 3.63) is 40.9 Å². The number of methoxy groups -OCH3 is 1. The Morgan fingerprint density at radius 2 is 2.15 bits per heavy atom. The number of halogens is 1. The van der Waals surface area contributed by atoms with Crippen LogP contribution in [0, 0.1) is 0 Å². The van der Waals surface area contributed by atoms with Gasteiger partial charge in [-0.2, -0.15) is 0 Å². The standard InChI is InChI=1S/C11H13BrO/c1-4-8(2)9-5-10(12)7-11(6-9)13-3/h4-8H,1H2,2-3H3. The van der Waals surface area contributed by atoms with E-state index >= 15 is 0 Å². The van der Waals surface area contributed by atoms with Gasteiger partial charge in [-0.25, -0.2) is 0 Å². The van der Waals surface area contributed by atoms with Crippen molar-refractivity contribution in [3.8, 4) is 5.75 Å². The van der Waals surface area contributed by atoms with Gasteiger partial charge in [0.2, 0.25) is 0 Å². The van der Waals surface area contributed by atoms with Crippen molar-refractivity contribution in [1.29, 1.82) is 0 Å². The van der Waals surface area contributed by atoms with E-state index in [2.05, 4.69) is 35.5 Å². The Bertz CT molecular complexity index is 307. The van der Waals surface area contributed by atoms with Crippen LogP contribution in [0.5, 0.6) is 5.75 Å². The quantitative estimate of drug-likeness (QED) is 0.732. The fraction of sp³-hybridized carbons (Fsp3) is 0.273. The number of ether oxygens (including phenoxy) is 1. The Kier molecular flexibility index (Phi) is 3.55. The van der Waals surface area contributed by atoms with Crippen LogP contribution in [0.25, 0.3) is 0 Å². The molecule has 0 aliphatic rings. The Morgan fingerprint density at radius 1 is 1.46 bits per heavy atom. The molecule has 13 heavy (non-hydrogen) atoms. The first-order chi connectivity index (χ1) is 6.17. The predicted molar refractivity (Wildman–Crippen MR) is 59.3 cm³/mol. The zero-order chi connectivity index (χ0) is 9.84. The summed E-state index contributed by atoms with van der Waals surface area (Å²) in [5, 5.41) is 0. The van der Waals surface area contributed by atoms with Crippen molar-refractivity contribution in [2.45, 2.75) is 12.8 Å². The maximum Gasteiger partial charge on any atom is 0.120 e. The summed E-state index contributed by atoms with van der Waals surface area (Å²) in [6.07, 6.45) is 1.92. The van der Waals surface area contributed by atoms with Gasteiger partial charge in [0.15, 0.2) is 0 Å². The van der Waals surface area contributed by atoms with Crippen LogP contribution >= 0.6 is 15.9 Å². The first kappa shape index (κ1) is 10.3. The number of allylic oxidation sites excluding steroid dienone is 1. The molecule has 0 aromatic heterocycles. The molecule has 0 aliphatic heterocycles. The van der Waals surface area contributed by atoms with E-state index in [1.54, 1.807) is 7.11 Å².